The van der Waals surface area contributed by atoms with Crippen LogP contribution in [0.15, 0.2) is 6.20 Å². The first-order valence-corrected chi connectivity index (χ1v) is 4.80. The molecule has 0 spiro atoms. The molecule has 1 unspecified atom stereocenters. The number of aromatic carboxylic acids is 1. The number of hydrazine groups is 1. The quantitative estimate of drug-likeness (QED) is 0.339. The van der Waals surface area contributed by atoms with Crippen LogP contribution in [0.4, 0.5) is 5.69 Å². The van der Waals surface area contributed by atoms with E-state index in [0.29, 0.717) is 0 Å². The third-order valence-electron chi connectivity index (χ3n) is 2.59. The summed E-state index contributed by atoms with van der Waals surface area (Å²) in [4.78, 5) is 9.33. The molecule has 0 fully saturated rings. The molecular weight excluding hydrogens is 232 g/mol. The predicted molar refractivity (Wildman–Crippen MR) is 53.7 cm³/mol. The van der Waals surface area contributed by atoms with Crippen molar-refractivity contribution in [2.45, 2.75) is 12.6 Å². The Bertz CT molecular complexity index is 469. The lowest BCUT2D eigenvalue weighted by Crippen LogP contribution is -2.61. The molecule has 1 aliphatic rings. The number of aliphatic hydroxyl groups excluding tert-OH is 1. The summed E-state index contributed by atoms with van der Waals surface area (Å²) in [7, 11) is 1.47. The first kappa shape index (κ1) is 12.0. The van der Waals surface area contributed by atoms with Crippen LogP contribution in [-0.4, -0.2) is 37.4 Å². The fraction of sp³-hybridized carbons (Fsp3) is 0.375. The topological polar surface area (TPSA) is 127 Å². The molecule has 1 aromatic heterocycles. The average molecular weight is 245 g/mol. The molecule has 9 nitrogen and oxygen atoms in total. The minimum Gasteiger partial charge on any atom is -0.477 e. The van der Waals surface area contributed by atoms with E-state index in [2.05, 4.69) is 5.43 Å². The fourth-order valence-corrected chi connectivity index (χ4v) is 1.88. The molecule has 0 aliphatic carbocycles. The monoisotopic (exact) mass is 245 g/mol. The van der Waals surface area contributed by atoms with Gasteiger partial charge in [0.2, 0.25) is 5.69 Å². The van der Waals surface area contributed by atoms with E-state index in [1.165, 1.54) is 17.8 Å². The van der Waals surface area contributed by atoms with Crippen LogP contribution in [0.25, 0.3) is 0 Å². The standard InChI is InChI=1S/C8H12N4O5/c1-11-3-5-4(7(11)8(14)15)2-6(13)9-10-12(5,16)17/h3,6,9-10,13,16-17H,2H2,1H3/p+1. The molecule has 0 amide bonds. The van der Waals surface area contributed by atoms with Gasteiger partial charge in [-0.25, -0.2) is 4.79 Å². The van der Waals surface area contributed by atoms with Gasteiger partial charge >= 0.3 is 5.97 Å². The van der Waals surface area contributed by atoms with Crippen molar-refractivity contribution in [2.24, 2.45) is 7.05 Å². The molecule has 0 saturated heterocycles. The molecule has 2 heterocycles. The van der Waals surface area contributed by atoms with Crippen LogP contribution in [0, 0.1) is 0 Å². The summed E-state index contributed by atoms with van der Waals surface area (Å²) in [5.74, 6) is -1.21. The number of hydrogen-bond donors (Lipinski definition) is 6. The van der Waals surface area contributed by atoms with E-state index >= 15 is 0 Å². The third kappa shape index (κ3) is 1.91. The number of aromatic nitrogens is 1. The van der Waals surface area contributed by atoms with Crippen LogP contribution < -0.4 is 15.9 Å². The van der Waals surface area contributed by atoms with Crippen LogP contribution in [-0.2, 0) is 13.5 Å². The third-order valence-corrected chi connectivity index (χ3v) is 2.59. The molecule has 1 aromatic rings. The van der Waals surface area contributed by atoms with Crippen molar-refractivity contribution in [3.63, 3.8) is 0 Å². The molecule has 6 N–H and O–H groups in total. The second kappa shape index (κ2) is 3.77. The second-order valence-corrected chi connectivity index (χ2v) is 3.83. The summed E-state index contributed by atoms with van der Waals surface area (Å²) in [5, 5.41) is 37.8. The lowest BCUT2D eigenvalue weighted by Gasteiger charge is -2.18. The highest BCUT2D eigenvalue weighted by Gasteiger charge is 2.40. The van der Waals surface area contributed by atoms with Crippen molar-refractivity contribution in [3.8, 4) is 0 Å². The number of fused-ring (bicyclic) bond motifs is 1. The number of hydrogen-bond acceptors (Lipinski definition) is 6. The normalized spacial score (nSPS) is 22.9. The highest BCUT2D eigenvalue weighted by Crippen LogP contribution is 2.29. The van der Waals surface area contributed by atoms with Gasteiger partial charge in [-0.3, -0.25) is 0 Å². The van der Waals surface area contributed by atoms with E-state index in [1.54, 1.807) is 0 Å². The first-order valence-electron chi connectivity index (χ1n) is 4.80. The van der Waals surface area contributed by atoms with E-state index in [4.69, 9.17) is 5.11 Å². The van der Waals surface area contributed by atoms with Crippen molar-refractivity contribution in [2.75, 3.05) is 0 Å². The van der Waals surface area contributed by atoms with E-state index in [1.807, 2.05) is 5.53 Å². The zero-order chi connectivity index (χ0) is 12.8. The number of carboxylic acid groups (broad SMARTS) is 1. The Morgan fingerprint density at radius 1 is 1.59 bits per heavy atom. The number of quaternary nitrogens is 1. The maximum Gasteiger partial charge on any atom is 0.353 e. The number of rotatable bonds is 1. The van der Waals surface area contributed by atoms with Crippen molar-refractivity contribution < 1.29 is 25.4 Å². The van der Waals surface area contributed by atoms with Crippen molar-refractivity contribution in [1.29, 1.82) is 0 Å². The van der Waals surface area contributed by atoms with Gasteiger partial charge in [-0.05, 0) is 5.53 Å². The van der Waals surface area contributed by atoms with Crippen LogP contribution in [0.2, 0.25) is 0 Å². The molecular formula is C8H13N4O5+. The molecule has 2 rings (SSSR count). The molecule has 17 heavy (non-hydrogen) atoms. The molecule has 0 bridgehead atoms. The van der Waals surface area contributed by atoms with Gasteiger partial charge in [-0.1, -0.05) is 0 Å². The van der Waals surface area contributed by atoms with Gasteiger partial charge in [0, 0.05) is 13.5 Å². The predicted octanol–water partition coefficient (Wildman–Crippen LogP) is -1.31. The van der Waals surface area contributed by atoms with Gasteiger partial charge in [0.1, 0.15) is 11.9 Å². The number of aliphatic hydroxyl groups is 1. The molecule has 0 radical (unpaired) electrons. The molecule has 9 heteroatoms. The lowest BCUT2D eigenvalue weighted by molar-refractivity contribution is -0.334. The minimum atomic E-state index is -1.74. The highest BCUT2D eigenvalue weighted by atomic mass is 16.9. The Balaban J connectivity index is 2.63. The summed E-state index contributed by atoms with van der Waals surface area (Å²) >= 11 is 0. The molecule has 1 atom stereocenters. The number of nitrogens with zero attached hydrogens (tertiary/aromatic N) is 2. The lowest BCUT2D eigenvalue weighted by atomic mass is 10.1. The average Bonchev–Trinajstić information content (AvgIpc) is 2.48. The summed E-state index contributed by atoms with van der Waals surface area (Å²) in [6.45, 7) is 0. The van der Waals surface area contributed by atoms with Gasteiger partial charge in [0.15, 0.2) is 0 Å². The molecule has 0 saturated carbocycles. The minimum absolute atomic E-state index is 0.0612. The van der Waals surface area contributed by atoms with Crippen molar-refractivity contribution >= 4 is 11.7 Å². The van der Waals surface area contributed by atoms with Gasteiger partial charge in [0.05, 0.1) is 16.7 Å². The second-order valence-electron chi connectivity index (χ2n) is 3.83. The fourth-order valence-electron chi connectivity index (χ4n) is 1.88. The largest absolute Gasteiger partial charge is 0.477 e. The van der Waals surface area contributed by atoms with Crippen LogP contribution >= 0.6 is 0 Å². The van der Waals surface area contributed by atoms with Crippen molar-refractivity contribution in [1.82, 2.24) is 20.4 Å². The Morgan fingerprint density at radius 2 is 2.24 bits per heavy atom. The molecule has 1 aliphatic heterocycles. The summed E-state index contributed by atoms with van der Waals surface area (Å²) in [5.41, 5.74) is 4.26. The van der Waals surface area contributed by atoms with E-state index in [0.717, 1.165) is 0 Å². The Labute approximate surface area is 95.6 Å². The zero-order valence-electron chi connectivity index (χ0n) is 8.95. The maximum atomic E-state index is 11.1. The SMILES string of the molecule is Cn1cc2c(c1C(=O)O)CC(O)NN[N+]2(O)O. The van der Waals surface area contributed by atoms with Crippen LogP contribution in [0.5, 0.6) is 0 Å². The number of carboxylic acids is 1. The van der Waals surface area contributed by atoms with Crippen LogP contribution in [0.1, 0.15) is 16.1 Å². The van der Waals surface area contributed by atoms with E-state index in [-0.39, 0.29) is 23.4 Å². The van der Waals surface area contributed by atoms with Gasteiger partial charge in [0.25, 0.3) is 0 Å². The molecule has 94 valence electrons. The number of aryl methyl sites for hydroxylation is 1. The van der Waals surface area contributed by atoms with E-state index < -0.39 is 17.1 Å². The Morgan fingerprint density at radius 3 is 2.82 bits per heavy atom. The van der Waals surface area contributed by atoms with Gasteiger partial charge < -0.3 is 14.8 Å². The summed E-state index contributed by atoms with van der Waals surface area (Å²) in [6, 6.07) is 0. The molecule has 0 aromatic carbocycles. The van der Waals surface area contributed by atoms with E-state index in [9.17, 15) is 20.3 Å². The summed E-state index contributed by atoms with van der Waals surface area (Å²) < 4.78 is 1.26. The van der Waals surface area contributed by atoms with Gasteiger partial charge in [-0.15, -0.1) is 0 Å². The smallest absolute Gasteiger partial charge is 0.353 e. The number of carbonyl (C=O) groups is 1. The summed E-state index contributed by atoms with van der Waals surface area (Å²) in [6.07, 6.45) is 0.0748. The number of nitrogens with one attached hydrogen (secondary N) is 2. The maximum absolute atomic E-state index is 11.1. The Kier molecular flexibility index (Phi) is 2.66. The van der Waals surface area contributed by atoms with Crippen LogP contribution in [0.3, 0.4) is 0 Å². The van der Waals surface area contributed by atoms with Gasteiger partial charge in [-0.2, -0.15) is 15.8 Å². The highest BCUT2D eigenvalue weighted by molar-refractivity contribution is 5.89. The van der Waals surface area contributed by atoms with Crippen molar-refractivity contribution in [3.05, 3.63) is 17.5 Å². The first-order chi connectivity index (χ1) is 7.83. The zero-order valence-corrected chi connectivity index (χ0v) is 8.95. The Hall–Kier alpha value is -1.49.